The van der Waals surface area contributed by atoms with Gasteiger partial charge in [0.15, 0.2) is 0 Å². The summed E-state index contributed by atoms with van der Waals surface area (Å²) in [5.74, 6) is -0.673. The molecule has 0 fully saturated rings. The molecule has 0 saturated carbocycles. The van der Waals surface area contributed by atoms with Gasteiger partial charge in [0.05, 0.1) is 26.6 Å². The Morgan fingerprint density at radius 3 is 1.44 bits per heavy atom. The second-order valence-electron chi connectivity index (χ2n) is 6.89. The minimum absolute atomic E-state index is 0.105. The van der Waals surface area contributed by atoms with Gasteiger partial charge in [-0.15, -0.1) is 0 Å². The molecule has 0 amide bonds. The molecule has 0 saturated heterocycles. The predicted octanol–water partition coefficient (Wildman–Crippen LogP) is 5.96. The Labute approximate surface area is 155 Å². The summed E-state index contributed by atoms with van der Waals surface area (Å²) in [6.45, 7) is 2.73. The van der Waals surface area contributed by atoms with E-state index in [1.54, 1.807) is 0 Å². The topological polar surface area (TPSA) is 52.6 Å². The Morgan fingerprint density at radius 2 is 1.00 bits per heavy atom. The maximum absolute atomic E-state index is 11.4. The van der Waals surface area contributed by atoms with Crippen molar-refractivity contribution in [1.82, 2.24) is 0 Å². The van der Waals surface area contributed by atoms with Gasteiger partial charge in [0.25, 0.3) is 0 Å². The summed E-state index contributed by atoms with van der Waals surface area (Å²) < 4.78 is 9.58. The fraction of sp³-hybridized carbons (Fsp3) is 0.905. The number of hydrogen-bond donors (Lipinski definition) is 0. The Morgan fingerprint density at radius 1 is 0.600 bits per heavy atom. The molecule has 0 aliphatic heterocycles. The van der Waals surface area contributed by atoms with Crippen molar-refractivity contribution in [2.75, 3.05) is 13.7 Å². The number of unbranched alkanes of at least 4 members (excludes halogenated alkanes) is 13. The molecule has 0 unspecified atom stereocenters. The Balaban J connectivity index is 3.14. The van der Waals surface area contributed by atoms with Crippen molar-refractivity contribution < 1.29 is 19.1 Å². The first-order valence-electron chi connectivity index (χ1n) is 10.4. The largest absolute Gasteiger partial charge is 0.469 e. The molecule has 0 aromatic heterocycles. The predicted molar refractivity (Wildman–Crippen MR) is 103 cm³/mol. The molecule has 0 bridgehead atoms. The van der Waals surface area contributed by atoms with Gasteiger partial charge in [0, 0.05) is 0 Å². The molecule has 0 spiro atoms. The molecule has 0 radical (unpaired) electrons. The normalized spacial score (nSPS) is 10.6. The molecule has 0 N–H and O–H groups in total. The van der Waals surface area contributed by atoms with Crippen molar-refractivity contribution in [3.8, 4) is 0 Å². The highest BCUT2D eigenvalue weighted by molar-refractivity contribution is 5.77. The molecular formula is C21H40O4. The van der Waals surface area contributed by atoms with Crippen molar-refractivity contribution in [3.63, 3.8) is 0 Å². The third kappa shape index (κ3) is 19.1. The maximum Gasteiger partial charge on any atom is 0.306 e. The summed E-state index contributed by atoms with van der Waals surface area (Å²) >= 11 is 0. The Bertz CT molecular complexity index is 315. The van der Waals surface area contributed by atoms with Crippen LogP contribution in [0, 0.1) is 0 Å². The van der Waals surface area contributed by atoms with Crippen LogP contribution in [0.4, 0.5) is 0 Å². The molecule has 0 aliphatic rings. The van der Waals surface area contributed by atoms with Crippen LogP contribution in [0.2, 0.25) is 0 Å². The van der Waals surface area contributed by atoms with E-state index in [4.69, 9.17) is 4.74 Å². The fourth-order valence-corrected chi connectivity index (χ4v) is 2.86. The van der Waals surface area contributed by atoms with E-state index in [-0.39, 0.29) is 24.8 Å². The first-order valence-corrected chi connectivity index (χ1v) is 10.4. The summed E-state index contributed by atoms with van der Waals surface area (Å²) in [5, 5.41) is 0. The number of methoxy groups -OCH3 is 1. The highest BCUT2D eigenvalue weighted by Crippen LogP contribution is 2.13. The van der Waals surface area contributed by atoms with E-state index in [1.165, 1.54) is 84.2 Å². The van der Waals surface area contributed by atoms with Crippen molar-refractivity contribution in [2.45, 2.75) is 110 Å². The summed E-state index contributed by atoms with van der Waals surface area (Å²) in [6, 6.07) is 0. The molecule has 4 heteroatoms. The van der Waals surface area contributed by atoms with E-state index in [9.17, 15) is 9.59 Å². The zero-order chi connectivity index (χ0) is 18.6. The van der Waals surface area contributed by atoms with E-state index in [1.807, 2.05) is 0 Å². The van der Waals surface area contributed by atoms with Gasteiger partial charge >= 0.3 is 11.9 Å². The van der Waals surface area contributed by atoms with Gasteiger partial charge in [0.2, 0.25) is 0 Å². The summed E-state index contributed by atoms with van der Waals surface area (Å²) in [5.41, 5.74) is 0. The Hall–Kier alpha value is -1.06. The van der Waals surface area contributed by atoms with Crippen LogP contribution in [0.25, 0.3) is 0 Å². The van der Waals surface area contributed by atoms with Gasteiger partial charge < -0.3 is 9.47 Å². The van der Waals surface area contributed by atoms with Gasteiger partial charge in [-0.3, -0.25) is 9.59 Å². The summed E-state index contributed by atoms with van der Waals surface area (Å²) in [6.07, 6.45) is 18.6. The molecule has 0 atom stereocenters. The average Bonchev–Trinajstić information content (AvgIpc) is 2.62. The van der Waals surface area contributed by atoms with E-state index < -0.39 is 0 Å². The SMILES string of the molecule is CCCCCCCCCCCCCCCCOC(=O)CCC(=O)OC. The van der Waals surface area contributed by atoms with Crippen molar-refractivity contribution in [3.05, 3.63) is 0 Å². The lowest BCUT2D eigenvalue weighted by Crippen LogP contribution is -2.09. The minimum Gasteiger partial charge on any atom is -0.469 e. The lowest BCUT2D eigenvalue weighted by atomic mass is 10.0. The molecular weight excluding hydrogens is 316 g/mol. The first kappa shape index (κ1) is 23.9. The highest BCUT2D eigenvalue weighted by Gasteiger charge is 2.07. The third-order valence-electron chi connectivity index (χ3n) is 4.52. The molecule has 4 nitrogen and oxygen atoms in total. The van der Waals surface area contributed by atoms with E-state index in [0.29, 0.717) is 6.61 Å². The lowest BCUT2D eigenvalue weighted by Gasteiger charge is -2.05. The van der Waals surface area contributed by atoms with Gasteiger partial charge in [-0.1, -0.05) is 90.4 Å². The van der Waals surface area contributed by atoms with Crippen molar-refractivity contribution in [2.24, 2.45) is 0 Å². The molecule has 0 heterocycles. The van der Waals surface area contributed by atoms with Crippen LogP contribution < -0.4 is 0 Å². The quantitative estimate of drug-likeness (QED) is 0.224. The first-order chi connectivity index (χ1) is 12.2. The smallest absolute Gasteiger partial charge is 0.306 e. The number of rotatable bonds is 18. The minimum atomic E-state index is -0.367. The van der Waals surface area contributed by atoms with E-state index in [0.717, 1.165) is 12.8 Å². The highest BCUT2D eigenvalue weighted by atomic mass is 16.5. The maximum atomic E-state index is 11.4. The van der Waals surface area contributed by atoms with E-state index >= 15 is 0 Å². The van der Waals surface area contributed by atoms with Crippen LogP contribution in [0.3, 0.4) is 0 Å². The third-order valence-corrected chi connectivity index (χ3v) is 4.52. The monoisotopic (exact) mass is 356 g/mol. The number of ether oxygens (including phenoxy) is 2. The fourth-order valence-electron chi connectivity index (χ4n) is 2.86. The standard InChI is InChI=1S/C21H40O4/c1-3-4-5-6-7-8-9-10-11-12-13-14-15-16-19-25-21(23)18-17-20(22)24-2/h3-19H2,1-2H3. The van der Waals surface area contributed by atoms with Gasteiger partial charge in [-0.2, -0.15) is 0 Å². The van der Waals surface area contributed by atoms with Crippen molar-refractivity contribution in [1.29, 1.82) is 0 Å². The zero-order valence-corrected chi connectivity index (χ0v) is 16.7. The van der Waals surface area contributed by atoms with Gasteiger partial charge in [-0.25, -0.2) is 0 Å². The molecule has 0 aromatic carbocycles. The molecule has 0 aliphatic carbocycles. The van der Waals surface area contributed by atoms with Crippen LogP contribution in [0.1, 0.15) is 110 Å². The number of carbonyl (C=O) groups is 2. The lowest BCUT2D eigenvalue weighted by molar-refractivity contribution is -0.149. The molecule has 0 aromatic rings. The molecule has 25 heavy (non-hydrogen) atoms. The second-order valence-corrected chi connectivity index (χ2v) is 6.89. The Kier molecular flexibility index (Phi) is 18.5. The van der Waals surface area contributed by atoms with E-state index in [2.05, 4.69) is 11.7 Å². The average molecular weight is 357 g/mol. The second kappa shape index (κ2) is 19.3. The van der Waals surface area contributed by atoms with Crippen LogP contribution in [0.5, 0.6) is 0 Å². The number of esters is 2. The van der Waals surface area contributed by atoms with Crippen LogP contribution in [-0.2, 0) is 19.1 Å². The van der Waals surface area contributed by atoms with Crippen LogP contribution in [-0.4, -0.2) is 25.7 Å². The molecule has 0 rings (SSSR count). The number of carbonyl (C=O) groups excluding carboxylic acids is 2. The zero-order valence-electron chi connectivity index (χ0n) is 16.7. The van der Waals surface area contributed by atoms with Crippen LogP contribution in [0.15, 0.2) is 0 Å². The van der Waals surface area contributed by atoms with Crippen molar-refractivity contribution >= 4 is 11.9 Å². The van der Waals surface area contributed by atoms with Crippen LogP contribution >= 0.6 is 0 Å². The van der Waals surface area contributed by atoms with Gasteiger partial charge in [0.1, 0.15) is 0 Å². The van der Waals surface area contributed by atoms with Gasteiger partial charge in [-0.05, 0) is 6.42 Å². The summed E-state index contributed by atoms with van der Waals surface area (Å²) in [4.78, 5) is 22.3. The molecule has 148 valence electrons. The summed E-state index contributed by atoms with van der Waals surface area (Å²) in [7, 11) is 1.32. The number of hydrogen-bond acceptors (Lipinski definition) is 4.